The molecule has 3 nitrogen and oxygen atoms in total. The summed E-state index contributed by atoms with van der Waals surface area (Å²) in [7, 11) is -0.0902. The van der Waals surface area contributed by atoms with Gasteiger partial charge in [0.1, 0.15) is 0 Å². The van der Waals surface area contributed by atoms with E-state index in [1.165, 1.54) is 58.5 Å². The molecule has 0 heterocycles. The third-order valence-electron chi connectivity index (χ3n) is 11.2. The van der Waals surface area contributed by atoms with Gasteiger partial charge in [-0.15, -0.1) is 0 Å². The van der Waals surface area contributed by atoms with Crippen molar-refractivity contribution in [2.24, 2.45) is 52.3 Å². The number of carbonyl (C=O) groups is 1. The zero-order valence-corrected chi connectivity index (χ0v) is 23.9. The zero-order valence-electron chi connectivity index (χ0n) is 22.9. The molecule has 0 aromatic carbocycles. The number of esters is 1. The second kappa shape index (κ2) is 9.26. The van der Waals surface area contributed by atoms with Crippen molar-refractivity contribution in [1.29, 1.82) is 0 Å². The van der Waals surface area contributed by atoms with E-state index < -0.39 is 8.32 Å². The molecule has 4 aliphatic rings. The Labute approximate surface area is 205 Å². The van der Waals surface area contributed by atoms with E-state index >= 15 is 0 Å². The van der Waals surface area contributed by atoms with E-state index in [1.807, 2.05) is 0 Å². The summed E-state index contributed by atoms with van der Waals surface area (Å²) in [6.07, 6.45) is 13.1. The van der Waals surface area contributed by atoms with E-state index in [2.05, 4.69) is 47.3 Å². The van der Waals surface area contributed by atoms with Crippen LogP contribution in [-0.2, 0) is 14.0 Å². The van der Waals surface area contributed by atoms with Gasteiger partial charge in [0, 0.05) is 12.5 Å². The van der Waals surface area contributed by atoms with Crippen LogP contribution >= 0.6 is 0 Å². The van der Waals surface area contributed by atoms with Crippen LogP contribution in [0.4, 0.5) is 0 Å². The molecule has 4 rings (SSSR count). The maximum atomic E-state index is 11.8. The monoisotopic (exact) mass is 476 g/mol. The molecule has 0 unspecified atom stereocenters. The highest BCUT2D eigenvalue weighted by atomic mass is 28.4. The molecule has 4 fully saturated rings. The Morgan fingerprint density at radius 1 is 1.00 bits per heavy atom. The van der Waals surface area contributed by atoms with E-state index in [0.29, 0.717) is 29.3 Å². The minimum atomic E-state index is -1.61. The van der Waals surface area contributed by atoms with Crippen molar-refractivity contribution in [2.45, 2.75) is 118 Å². The first-order valence-electron chi connectivity index (χ1n) is 14.1. The van der Waals surface area contributed by atoms with Crippen molar-refractivity contribution in [3.63, 3.8) is 0 Å². The summed E-state index contributed by atoms with van der Waals surface area (Å²) < 4.78 is 12.0. The average molecular weight is 477 g/mol. The molecule has 0 aliphatic heterocycles. The van der Waals surface area contributed by atoms with Gasteiger partial charge in [-0.3, -0.25) is 4.79 Å². The number of carbonyl (C=O) groups excluding carboxylic acids is 1. The second-order valence-electron chi connectivity index (χ2n) is 14.2. The largest absolute Gasteiger partial charge is 0.469 e. The second-order valence-corrected chi connectivity index (χ2v) is 18.7. The fourth-order valence-electron chi connectivity index (χ4n) is 9.61. The predicted molar refractivity (Wildman–Crippen MR) is 138 cm³/mol. The maximum Gasteiger partial charge on any atom is 0.305 e. The Balaban J connectivity index is 1.60. The van der Waals surface area contributed by atoms with E-state index in [1.54, 1.807) is 0 Å². The highest BCUT2D eigenvalue weighted by molar-refractivity contribution is 6.69. The SMILES string of the molecule is COC(=O)CC[C@@H](C)[C@H]1CC[C@H]2[C@@H]3[C@H](O[Si](C)(C)C)C[C@@H]4C[C@H](C)CC[C@]4(C)[C@H]3CC[C@]12C. The van der Waals surface area contributed by atoms with Crippen molar-refractivity contribution in [2.75, 3.05) is 7.11 Å². The molecule has 0 aromatic heterocycles. The Morgan fingerprint density at radius 3 is 2.33 bits per heavy atom. The lowest BCUT2D eigenvalue weighted by atomic mass is 9.43. The Morgan fingerprint density at radius 2 is 1.67 bits per heavy atom. The molecular formula is C29H52O3Si. The van der Waals surface area contributed by atoms with Crippen LogP contribution < -0.4 is 0 Å². The molecular weight excluding hydrogens is 424 g/mol. The molecule has 33 heavy (non-hydrogen) atoms. The zero-order chi connectivity index (χ0) is 24.2. The van der Waals surface area contributed by atoms with E-state index in [4.69, 9.17) is 9.16 Å². The van der Waals surface area contributed by atoms with Gasteiger partial charge in [0.05, 0.1) is 7.11 Å². The van der Waals surface area contributed by atoms with Crippen molar-refractivity contribution >= 4 is 14.3 Å². The fourth-order valence-corrected chi connectivity index (χ4v) is 10.8. The molecule has 0 radical (unpaired) electrons. The van der Waals surface area contributed by atoms with Gasteiger partial charge in [-0.05, 0) is 123 Å². The Hall–Kier alpha value is -0.353. The van der Waals surface area contributed by atoms with Crippen molar-refractivity contribution in [1.82, 2.24) is 0 Å². The lowest BCUT2D eigenvalue weighted by Crippen LogP contribution is -2.60. The molecule has 0 amide bonds. The molecule has 4 saturated carbocycles. The highest BCUT2D eigenvalue weighted by Crippen LogP contribution is 2.69. The average Bonchev–Trinajstić information content (AvgIpc) is 3.09. The van der Waals surface area contributed by atoms with Crippen LogP contribution in [0.25, 0.3) is 0 Å². The van der Waals surface area contributed by atoms with Gasteiger partial charge >= 0.3 is 5.97 Å². The lowest BCUT2D eigenvalue weighted by Gasteiger charge is -2.63. The van der Waals surface area contributed by atoms with Crippen LogP contribution in [0, 0.1) is 52.3 Å². The first kappa shape index (κ1) is 25.7. The molecule has 4 heteroatoms. The number of hydrogen-bond donors (Lipinski definition) is 0. The number of ether oxygens (including phenoxy) is 1. The Bertz CT molecular complexity index is 716. The number of rotatable bonds is 6. The van der Waals surface area contributed by atoms with Crippen molar-refractivity contribution in [3.05, 3.63) is 0 Å². The molecule has 10 atom stereocenters. The third kappa shape index (κ3) is 4.73. The lowest BCUT2D eigenvalue weighted by molar-refractivity contribution is -0.164. The number of methoxy groups -OCH3 is 1. The van der Waals surface area contributed by atoms with Gasteiger partial charge in [-0.25, -0.2) is 0 Å². The van der Waals surface area contributed by atoms with Crippen molar-refractivity contribution < 1.29 is 14.0 Å². The van der Waals surface area contributed by atoms with E-state index in [0.717, 1.165) is 41.9 Å². The third-order valence-corrected chi connectivity index (χ3v) is 12.2. The van der Waals surface area contributed by atoms with Gasteiger partial charge in [0.2, 0.25) is 0 Å². The summed E-state index contributed by atoms with van der Waals surface area (Å²) in [6.45, 7) is 17.4. The van der Waals surface area contributed by atoms with Crippen LogP contribution in [0.1, 0.15) is 91.9 Å². The van der Waals surface area contributed by atoms with E-state index in [9.17, 15) is 4.79 Å². The topological polar surface area (TPSA) is 35.5 Å². The Kier molecular flexibility index (Phi) is 7.22. The smallest absolute Gasteiger partial charge is 0.305 e. The molecule has 0 saturated heterocycles. The normalized spacial score (nSPS) is 46.1. The van der Waals surface area contributed by atoms with Gasteiger partial charge < -0.3 is 9.16 Å². The molecule has 0 aromatic rings. The summed E-state index contributed by atoms with van der Waals surface area (Å²) in [5, 5.41) is 0. The van der Waals surface area contributed by atoms with Crippen LogP contribution in [0.2, 0.25) is 19.6 Å². The van der Waals surface area contributed by atoms with Gasteiger partial charge in [0.15, 0.2) is 8.32 Å². The minimum Gasteiger partial charge on any atom is -0.469 e. The van der Waals surface area contributed by atoms with Crippen LogP contribution in [0.3, 0.4) is 0 Å². The van der Waals surface area contributed by atoms with Crippen LogP contribution in [0.15, 0.2) is 0 Å². The quantitative estimate of drug-likeness (QED) is 0.291. The fraction of sp³-hybridized carbons (Fsp3) is 0.966. The summed E-state index contributed by atoms with van der Waals surface area (Å²) in [6, 6.07) is 0. The predicted octanol–water partition coefficient (Wildman–Crippen LogP) is 7.70. The summed E-state index contributed by atoms with van der Waals surface area (Å²) >= 11 is 0. The standard InChI is InChI=1S/C29H52O3Si/c1-19-13-15-28(3)21(17-19)18-25(32-33(6,7)8)27-23-11-10-22(20(2)9-12-26(30)31-5)29(23,4)16-14-24(27)28/h19-25,27H,9-18H2,1-8H3/t19-,20-,21+,22-,23+,24+,25-,27+,28+,29-/m1/s1. The number of hydrogen-bond acceptors (Lipinski definition) is 3. The molecule has 0 spiro atoms. The van der Waals surface area contributed by atoms with Gasteiger partial charge in [0.25, 0.3) is 0 Å². The first-order valence-corrected chi connectivity index (χ1v) is 17.5. The molecule has 190 valence electrons. The summed E-state index contributed by atoms with van der Waals surface area (Å²) in [5.41, 5.74) is 0.926. The van der Waals surface area contributed by atoms with Gasteiger partial charge in [-0.1, -0.05) is 34.1 Å². The van der Waals surface area contributed by atoms with Crippen LogP contribution in [0.5, 0.6) is 0 Å². The molecule has 0 bridgehead atoms. The minimum absolute atomic E-state index is 0.0494. The van der Waals surface area contributed by atoms with Crippen molar-refractivity contribution in [3.8, 4) is 0 Å². The highest BCUT2D eigenvalue weighted by Gasteiger charge is 2.63. The first-order chi connectivity index (χ1) is 15.4. The van der Waals surface area contributed by atoms with Crippen LogP contribution in [-0.4, -0.2) is 27.5 Å². The van der Waals surface area contributed by atoms with E-state index in [-0.39, 0.29) is 5.97 Å². The molecule has 0 N–H and O–H groups in total. The maximum absolute atomic E-state index is 11.8. The van der Waals surface area contributed by atoms with Gasteiger partial charge in [-0.2, -0.15) is 0 Å². The number of fused-ring (bicyclic) bond motifs is 5. The molecule has 4 aliphatic carbocycles. The summed E-state index contributed by atoms with van der Waals surface area (Å²) in [5.74, 6) is 5.38. The summed E-state index contributed by atoms with van der Waals surface area (Å²) in [4.78, 5) is 11.8.